The van der Waals surface area contributed by atoms with Crippen LogP contribution >= 0.6 is 23.2 Å². The fourth-order valence-corrected chi connectivity index (χ4v) is 3.52. The Hall–Kier alpha value is -2.95. The van der Waals surface area contributed by atoms with Crippen LogP contribution < -0.4 is 15.0 Å². The molecule has 0 fully saturated rings. The monoisotopic (exact) mass is 424 g/mol. The number of hydrogen-bond donors (Lipinski definition) is 1. The van der Waals surface area contributed by atoms with E-state index >= 15 is 0 Å². The summed E-state index contributed by atoms with van der Waals surface area (Å²) in [6.07, 6.45) is 1.92. The Morgan fingerprint density at radius 1 is 0.862 bits per heavy atom. The van der Waals surface area contributed by atoms with Crippen LogP contribution in [0, 0.1) is 0 Å². The third kappa shape index (κ3) is 4.09. The summed E-state index contributed by atoms with van der Waals surface area (Å²) >= 11 is 12.0. The van der Waals surface area contributed by atoms with Crippen LogP contribution in [0.15, 0.2) is 84.6 Å². The second-order valence-electron chi connectivity index (χ2n) is 6.58. The Labute approximate surface area is 179 Å². The van der Waals surface area contributed by atoms with Crippen molar-refractivity contribution < 1.29 is 9.53 Å². The standard InChI is InChI=1S/C23H18Cl2N2O2/c1-29-20-12-2-15(3-13-20)22-14-21(26-18-8-4-16(24)5-9-18)23(28)27(22)19-10-6-17(25)7-11-19/h2-14,22,26H,1H3/t22-/m1/s1. The summed E-state index contributed by atoms with van der Waals surface area (Å²) in [5, 5.41) is 4.47. The molecule has 6 heteroatoms. The molecule has 0 unspecified atom stereocenters. The van der Waals surface area contributed by atoms with Gasteiger partial charge >= 0.3 is 0 Å². The van der Waals surface area contributed by atoms with Gasteiger partial charge in [-0.25, -0.2) is 0 Å². The van der Waals surface area contributed by atoms with Gasteiger partial charge in [0.05, 0.1) is 13.2 Å². The van der Waals surface area contributed by atoms with Crippen LogP contribution in [0.2, 0.25) is 10.0 Å². The first-order valence-electron chi connectivity index (χ1n) is 9.02. The lowest BCUT2D eigenvalue weighted by atomic mass is 10.1. The topological polar surface area (TPSA) is 41.6 Å². The highest BCUT2D eigenvalue weighted by atomic mass is 35.5. The first-order valence-corrected chi connectivity index (χ1v) is 9.78. The number of benzene rings is 3. The quantitative estimate of drug-likeness (QED) is 0.538. The van der Waals surface area contributed by atoms with E-state index in [4.69, 9.17) is 27.9 Å². The molecule has 3 aromatic rings. The molecule has 1 heterocycles. The molecular formula is C23H18Cl2N2O2. The van der Waals surface area contributed by atoms with Crippen LogP contribution in [0.1, 0.15) is 11.6 Å². The van der Waals surface area contributed by atoms with Crippen LogP contribution in [0.3, 0.4) is 0 Å². The first-order chi connectivity index (χ1) is 14.0. The van der Waals surface area contributed by atoms with E-state index in [1.807, 2.05) is 54.6 Å². The summed E-state index contributed by atoms with van der Waals surface area (Å²) in [6, 6.07) is 21.9. The zero-order valence-electron chi connectivity index (χ0n) is 15.6. The minimum atomic E-state index is -0.260. The van der Waals surface area contributed by atoms with Crippen molar-refractivity contribution >= 4 is 40.5 Å². The van der Waals surface area contributed by atoms with Crippen molar-refractivity contribution in [3.8, 4) is 5.75 Å². The maximum Gasteiger partial charge on any atom is 0.275 e. The zero-order valence-corrected chi connectivity index (χ0v) is 17.1. The minimum Gasteiger partial charge on any atom is -0.497 e. The van der Waals surface area contributed by atoms with Crippen LogP contribution in [-0.4, -0.2) is 13.0 Å². The summed E-state index contributed by atoms with van der Waals surface area (Å²) in [4.78, 5) is 15.0. The lowest BCUT2D eigenvalue weighted by Crippen LogP contribution is -2.30. The van der Waals surface area contributed by atoms with Crippen LogP contribution in [0.5, 0.6) is 5.75 Å². The zero-order chi connectivity index (χ0) is 20.4. The van der Waals surface area contributed by atoms with Crippen LogP contribution in [0.4, 0.5) is 11.4 Å². The van der Waals surface area contributed by atoms with Gasteiger partial charge in [-0.1, -0.05) is 35.3 Å². The third-order valence-corrected chi connectivity index (χ3v) is 5.24. The Balaban J connectivity index is 1.71. The van der Waals surface area contributed by atoms with Crippen molar-refractivity contribution in [1.29, 1.82) is 0 Å². The van der Waals surface area contributed by atoms with E-state index in [0.717, 1.165) is 22.7 Å². The van der Waals surface area contributed by atoms with Crippen molar-refractivity contribution in [3.05, 3.63) is 100 Å². The number of nitrogens with one attached hydrogen (secondary N) is 1. The first kappa shape index (κ1) is 19.4. The van der Waals surface area contributed by atoms with Crippen LogP contribution in [-0.2, 0) is 4.79 Å². The van der Waals surface area contributed by atoms with Crippen LogP contribution in [0.25, 0.3) is 0 Å². The normalized spacial score (nSPS) is 16.0. The van der Waals surface area contributed by atoms with Gasteiger partial charge in [-0.2, -0.15) is 0 Å². The summed E-state index contributed by atoms with van der Waals surface area (Å²) in [5.41, 5.74) is 3.04. The number of anilines is 2. The van der Waals surface area contributed by atoms with E-state index < -0.39 is 0 Å². The van der Waals surface area contributed by atoms with Crippen molar-refractivity contribution in [2.45, 2.75) is 6.04 Å². The molecule has 0 saturated carbocycles. The molecule has 0 radical (unpaired) electrons. The van der Waals surface area contributed by atoms with Gasteiger partial charge < -0.3 is 10.1 Å². The number of halogens is 2. The Morgan fingerprint density at radius 3 is 2.03 bits per heavy atom. The fraction of sp³-hybridized carbons (Fsp3) is 0.0870. The number of hydrogen-bond acceptors (Lipinski definition) is 3. The van der Waals surface area contributed by atoms with E-state index in [2.05, 4.69) is 5.32 Å². The maximum atomic E-state index is 13.3. The molecule has 1 aliphatic rings. The Bertz CT molecular complexity index is 1050. The molecule has 29 heavy (non-hydrogen) atoms. The van der Waals surface area contributed by atoms with E-state index in [1.165, 1.54) is 0 Å². The van der Waals surface area contributed by atoms with Crippen molar-refractivity contribution in [2.75, 3.05) is 17.3 Å². The number of carbonyl (C=O) groups excluding carboxylic acids is 1. The molecule has 146 valence electrons. The van der Waals surface area contributed by atoms with Gasteiger partial charge in [-0.3, -0.25) is 9.69 Å². The molecule has 4 rings (SSSR count). The largest absolute Gasteiger partial charge is 0.497 e. The summed E-state index contributed by atoms with van der Waals surface area (Å²) in [6.45, 7) is 0. The number of methoxy groups -OCH3 is 1. The third-order valence-electron chi connectivity index (χ3n) is 4.74. The molecule has 1 N–H and O–H groups in total. The Kier molecular flexibility index (Phi) is 5.47. The smallest absolute Gasteiger partial charge is 0.275 e. The second-order valence-corrected chi connectivity index (χ2v) is 7.45. The predicted molar refractivity (Wildman–Crippen MR) is 118 cm³/mol. The van der Waals surface area contributed by atoms with E-state index in [1.54, 1.807) is 36.3 Å². The van der Waals surface area contributed by atoms with Gasteiger partial charge in [0.15, 0.2) is 0 Å². The molecule has 0 aliphatic carbocycles. The number of ether oxygens (including phenoxy) is 1. The number of amides is 1. The van der Waals surface area contributed by atoms with Crippen molar-refractivity contribution in [1.82, 2.24) is 0 Å². The molecule has 4 nitrogen and oxygen atoms in total. The number of nitrogens with zero attached hydrogens (tertiary/aromatic N) is 1. The highest BCUT2D eigenvalue weighted by Crippen LogP contribution is 2.37. The summed E-state index contributed by atoms with van der Waals surface area (Å²) in [7, 11) is 1.63. The molecule has 0 bridgehead atoms. The second kappa shape index (κ2) is 8.19. The van der Waals surface area contributed by atoms with Crippen molar-refractivity contribution in [3.63, 3.8) is 0 Å². The molecule has 1 atom stereocenters. The van der Waals surface area contributed by atoms with Gasteiger partial charge in [0, 0.05) is 21.4 Å². The van der Waals surface area contributed by atoms with E-state index in [0.29, 0.717) is 15.7 Å². The highest BCUT2D eigenvalue weighted by Gasteiger charge is 2.34. The van der Waals surface area contributed by atoms with Gasteiger partial charge in [0.1, 0.15) is 11.4 Å². The summed E-state index contributed by atoms with van der Waals surface area (Å²) < 4.78 is 5.25. The summed E-state index contributed by atoms with van der Waals surface area (Å²) in [5.74, 6) is 0.641. The number of rotatable bonds is 5. The molecule has 1 amide bonds. The minimum absolute atomic E-state index is 0.122. The highest BCUT2D eigenvalue weighted by molar-refractivity contribution is 6.31. The predicted octanol–water partition coefficient (Wildman–Crippen LogP) is 6.09. The Morgan fingerprint density at radius 2 is 1.45 bits per heavy atom. The number of carbonyl (C=O) groups is 1. The lowest BCUT2D eigenvalue weighted by molar-refractivity contribution is -0.114. The van der Waals surface area contributed by atoms with E-state index in [9.17, 15) is 4.79 Å². The molecular weight excluding hydrogens is 407 g/mol. The maximum absolute atomic E-state index is 13.3. The average molecular weight is 425 g/mol. The molecule has 0 spiro atoms. The van der Waals surface area contributed by atoms with E-state index in [-0.39, 0.29) is 11.9 Å². The SMILES string of the molecule is COc1ccc([C@H]2C=C(Nc3ccc(Cl)cc3)C(=O)N2c2ccc(Cl)cc2)cc1. The van der Waals surface area contributed by atoms with Gasteiger partial charge in [-0.05, 0) is 72.3 Å². The van der Waals surface area contributed by atoms with Gasteiger partial charge in [0.25, 0.3) is 5.91 Å². The average Bonchev–Trinajstić information content (AvgIpc) is 3.06. The molecule has 0 saturated heterocycles. The molecule has 0 aromatic heterocycles. The van der Waals surface area contributed by atoms with Gasteiger partial charge in [0.2, 0.25) is 0 Å². The lowest BCUT2D eigenvalue weighted by Gasteiger charge is -2.25. The molecule has 1 aliphatic heterocycles. The van der Waals surface area contributed by atoms with Gasteiger partial charge in [-0.15, -0.1) is 0 Å². The van der Waals surface area contributed by atoms with Crippen molar-refractivity contribution in [2.24, 2.45) is 0 Å². The fourth-order valence-electron chi connectivity index (χ4n) is 3.27. The molecule has 3 aromatic carbocycles.